The van der Waals surface area contributed by atoms with E-state index >= 15 is 0 Å². The van der Waals surface area contributed by atoms with Gasteiger partial charge < -0.3 is 10.6 Å². The summed E-state index contributed by atoms with van der Waals surface area (Å²) in [5, 5.41) is 4.05. The maximum Gasteiger partial charge on any atom is 0.247 e. The highest BCUT2D eigenvalue weighted by Gasteiger charge is 2.24. The molecule has 1 fully saturated rings. The van der Waals surface area contributed by atoms with E-state index in [1.165, 1.54) is 0 Å². The lowest BCUT2D eigenvalue weighted by Crippen LogP contribution is -2.34. The Morgan fingerprint density at radius 2 is 2.20 bits per heavy atom. The van der Waals surface area contributed by atoms with Crippen LogP contribution in [0.3, 0.4) is 0 Å². The van der Waals surface area contributed by atoms with Gasteiger partial charge in [0.05, 0.1) is 0 Å². The van der Waals surface area contributed by atoms with Crippen molar-refractivity contribution < 1.29 is 4.79 Å². The molecule has 5 heteroatoms. The molecule has 0 bridgehead atoms. The average Bonchev–Trinajstić information content (AvgIpc) is 2.85. The maximum atomic E-state index is 12.0. The lowest BCUT2D eigenvalue weighted by atomic mass is 10.3. The van der Waals surface area contributed by atoms with Gasteiger partial charge in [0.15, 0.2) is 0 Å². The largest absolute Gasteiger partial charge is 0.382 e. The molecule has 2 rings (SSSR count). The first-order chi connectivity index (χ1) is 7.18. The molecule has 0 spiro atoms. The summed E-state index contributed by atoms with van der Waals surface area (Å²) in [6.45, 7) is 3.60. The molecule has 15 heavy (non-hydrogen) atoms. The van der Waals surface area contributed by atoms with Crippen molar-refractivity contribution >= 4 is 11.7 Å². The smallest absolute Gasteiger partial charge is 0.247 e. The van der Waals surface area contributed by atoms with E-state index in [1.807, 2.05) is 11.8 Å². The zero-order chi connectivity index (χ0) is 10.8. The van der Waals surface area contributed by atoms with Crippen molar-refractivity contribution in [3.05, 3.63) is 12.3 Å². The number of nitrogen functional groups attached to an aromatic ring is 1. The van der Waals surface area contributed by atoms with Crippen LogP contribution in [0.2, 0.25) is 0 Å². The van der Waals surface area contributed by atoms with Gasteiger partial charge in [0.2, 0.25) is 5.91 Å². The van der Waals surface area contributed by atoms with Crippen LogP contribution in [0.25, 0.3) is 0 Å². The van der Waals surface area contributed by atoms with E-state index in [2.05, 4.69) is 5.10 Å². The number of nitrogens with two attached hydrogens (primary N) is 1. The minimum absolute atomic E-state index is 0.135. The second-order valence-electron chi connectivity index (χ2n) is 3.93. The van der Waals surface area contributed by atoms with E-state index < -0.39 is 0 Å². The van der Waals surface area contributed by atoms with Crippen molar-refractivity contribution in [3.63, 3.8) is 0 Å². The third-order valence-electron chi connectivity index (χ3n) is 2.80. The fraction of sp³-hybridized carbons (Fsp3) is 0.600. The maximum absolute atomic E-state index is 12.0. The minimum Gasteiger partial charge on any atom is -0.382 e. The number of aromatic nitrogens is 2. The highest BCUT2D eigenvalue weighted by atomic mass is 16.2. The Hall–Kier alpha value is -1.52. The Morgan fingerprint density at radius 3 is 2.73 bits per heavy atom. The zero-order valence-electron chi connectivity index (χ0n) is 8.89. The lowest BCUT2D eigenvalue weighted by molar-refractivity contribution is -0.133. The summed E-state index contributed by atoms with van der Waals surface area (Å²) >= 11 is 0. The molecule has 2 heterocycles. The summed E-state index contributed by atoms with van der Waals surface area (Å²) in [7, 11) is 0. The summed E-state index contributed by atoms with van der Waals surface area (Å²) < 4.78 is 1.62. The lowest BCUT2D eigenvalue weighted by Gasteiger charge is -2.20. The van der Waals surface area contributed by atoms with Gasteiger partial charge in [0.25, 0.3) is 0 Å². The van der Waals surface area contributed by atoms with Crippen LogP contribution >= 0.6 is 0 Å². The van der Waals surface area contributed by atoms with Gasteiger partial charge in [0, 0.05) is 19.3 Å². The SMILES string of the molecule is CC(C(=O)N1CCCC1)n1ccc(N)n1. The summed E-state index contributed by atoms with van der Waals surface area (Å²) in [4.78, 5) is 13.9. The van der Waals surface area contributed by atoms with Crippen molar-refractivity contribution in [1.29, 1.82) is 0 Å². The average molecular weight is 208 g/mol. The van der Waals surface area contributed by atoms with E-state index in [0.717, 1.165) is 25.9 Å². The highest BCUT2D eigenvalue weighted by molar-refractivity contribution is 5.80. The van der Waals surface area contributed by atoms with E-state index in [1.54, 1.807) is 16.9 Å². The molecule has 82 valence electrons. The molecule has 1 saturated heterocycles. The van der Waals surface area contributed by atoms with Crippen LogP contribution in [0, 0.1) is 0 Å². The fourth-order valence-electron chi connectivity index (χ4n) is 1.88. The van der Waals surface area contributed by atoms with Gasteiger partial charge in [0.1, 0.15) is 11.9 Å². The Labute approximate surface area is 88.8 Å². The van der Waals surface area contributed by atoms with Crippen LogP contribution in [-0.4, -0.2) is 33.7 Å². The molecule has 0 saturated carbocycles. The molecule has 5 nitrogen and oxygen atoms in total. The topological polar surface area (TPSA) is 64.2 Å². The Bertz CT molecular complexity index is 354. The van der Waals surface area contributed by atoms with E-state index in [0.29, 0.717) is 5.82 Å². The van der Waals surface area contributed by atoms with Gasteiger partial charge in [-0.3, -0.25) is 9.48 Å². The molecule has 1 aromatic rings. The standard InChI is InChI=1S/C10H16N4O/c1-8(14-7-4-9(11)12-14)10(15)13-5-2-3-6-13/h4,7-8H,2-3,5-6H2,1H3,(H2,11,12). The molecule has 1 amide bonds. The van der Waals surface area contributed by atoms with Gasteiger partial charge in [-0.2, -0.15) is 5.10 Å². The number of hydrogen-bond donors (Lipinski definition) is 1. The summed E-state index contributed by atoms with van der Waals surface area (Å²) in [5.74, 6) is 0.590. The van der Waals surface area contributed by atoms with Crippen LogP contribution in [-0.2, 0) is 4.79 Å². The Kier molecular flexibility index (Phi) is 2.62. The number of nitrogens with zero attached hydrogens (tertiary/aromatic N) is 3. The third kappa shape index (κ3) is 1.95. The number of likely N-dealkylation sites (tertiary alicyclic amines) is 1. The molecule has 1 aliphatic rings. The molecular formula is C10H16N4O. The first-order valence-electron chi connectivity index (χ1n) is 5.28. The number of amides is 1. The second-order valence-corrected chi connectivity index (χ2v) is 3.93. The molecule has 0 aliphatic carbocycles. The second kappa shape index (κ2) is 3.92. The van der Waals surface area contributed by atoms with E-state index in [9.17, 15) is 4.79 Å². The number of carbonyl (C=O) groups is 1. The zero-order valence-corrected chi connectivity index (χ0v) is 8.89. The van der Waals surface area contributed by atoms with E-state index in [-0.39, 0.29) is 11.9 Å². The van der Waals surface area contributed by atoms with Crippen LogP contribution < -0.4 is 5.73 Å². The predicted octanol–water partition coefficient (Wildman–Crippen LogP) is 0.649. The van der Waals surface area contributed by atoms with Gasteiger partial charge in [-0.15, -0.1) is 0 Å². The van der Waals surface area contributed by atoms with Crippen molar-refractivity contribution in [2.45, 2.75) is 25.8 Å². The number of anilines is 1. The van der Waals surface area contributed by atoms with E-state index in [4.69, 9.17) is 5.73 Å². The molecule has 0 aromatic carbocycles. The van der Waals surface area contributed by atoms with Crippen molar-refractivity contribution in [3.8, 4) is 0 Å². The van der Waals surface area contributed by atoms with Crippen molar-refractivity contribution in [1.82, 2.24) is 14.7 Å². The molecule has 1 atom stereocenters. The summed E-state index contributed by atoms with van der Waals surface area (Å²) in [6, 6.07) is 1.45. The van der Waals surface area contributed by atoms with Gasteiger partial charge in [-0.05, 0) is 25.8 Å². The number of hydrogen-bond acceptors (Lipinski definition) is 3. The fourth-order valence-corrected chi connectivity index (χ4v) is 1.88. The highest BCUT2D eigenvalue weighted by Crippen LogP contribution is 2.15. The quantitative estimate of drug-likeness (QED) is 0.776. The van der Waals surface area contributed by atoms with Gasteiger partial charge in [-0.25, -0.2) is 0 Å². The Balaban J connectivity index is 2.06. The van der Waals surface area contributed by atoms with Crippen LogP contribution in [0.1, 0.15) is 25.8 Å². The monoisotopic (exact) mass is 208 g/mol. The normalized spacial score (nSPS) is 18.1. The van der Waals surface area contributed by atoms with Crippen LogP contribution in [0.15, 0.2) is 12.3 Å². The predicted molar refractivity (Wildman–Crippen MR) is 57.2 cm³/mol. The van der Waals surface area contributed by atoms with Crippen molar-refractivity contribution in [2.24, 2.45) is 0 Å². The summed E-state index contributed by atoms with van der Waals surface area (Å²) in [5.41, 5.74) is 5.51. The van der Waals surface area contributed by atoms with Gasteiger partial charge in [-0.1, -0.05) is 0 Å². The van der Waals surface area contributed by atoms with Crippen molar-refractivity contribution in [2.75, 3.05) is 18.8 Å². The molecule has 0 radical (unpaired) electrons. The molecule has 2 N–H and O–H groups in total. The van der Waals surface area contributed by atoms with Crippen LogP contribution in [0.5, 0.6) is 0 Å². The number of carbonyl (C=O) groups excluding carboxylic acids is 1. The third-order valence-corrected chi connectivity index (χ3v) is 2.80. The molecule has 1 aromatic heterocycles. The summed E-state index contributed by atoms with van der Waals surface area (Å²) in [6.07, 6.45) is 3.97. The molecule has 1 unspecified atom stereocenters. The molecule has 1 aliphatic heterocycles. The Morgan fingerprint density at radius 1 is 1.53 bits per heavy atom. The minimum atomic E-state index is -0.250. The van der Waals surface area contributed by atoms with Crippen LogP contribution in [0.4, 0.5) is 5.82 Å². The first kappa shape index (κ1) is 10.0. The molecular weight excluding hydrogens is 192 g/mol. The van der Waals surface area contributed by atoms with Gasteiger partial charge >= 0.3 is 0 Å². The first-order valence-corrected chi connectivity index (χ1v) is 5.28. The number of rotatable bonds is 2.